The van der Waals surface area contributed by atoms with E-state index in [9.17, 15) is 4.79 Å². The van der Waals surface area contributed by atoms with Crippen molar-refractivity contribution in [3.05, 3.63) is 29.5 Å². The maximum Gasteiger partial charge on any atom is 0.340 e. The molecule has 0 aromatic carbocycles. The Labute approximate surface area is 220 Å². The number of esters is 1. The van der Waals surface area contributed by atoms with Crippen LogP contribution in [0, 0.1) is 6.92 Å². The first-order valence-electron chi connectivity index (χ1n) is 13.6. The van der Waals surface area contributed by atoms with Crippen molar-refractivity contribution >= 4 is 23.3 Å². The third-order valence-electron chi connectivity index (χ3n) is 6.96. The van der Waals surface area contributed by atoms with Gasteiger partial charge in [-0.25, -0.2) is 9.78 Å². The van der Waals surface area contributed by atoms with Crippen molar-refractivity contribution < 1.29 is 19.0 Å². The zero-order chi connectivity index (χ0) is 26.6. The Balaban J connectivity index is 1.84. The summed E-state index contributed by atoms with van der Waals surface area (Å²) in [6.07, 6.45) is 8.34. The summed E-state index contributed by atoms with van der Waals surface area (Å²) in [4.78, 5) is 20.5. The van der Waals surface area contributed by atoms with E-state index in [2.05, 4.69) is 29.3 Å². The van der Waals surface area contributed by atoms with Gasteiger partial charge < -0.3 is 24.4 Å². The molecule has 2 aromatic rings. The quantitative estimate of drug-likeness (QED) is 0.452. The van der Waals surface area contributed by atoms with Crippen molar-refractivity contribution in [2.75, 3.05) is 43.1 Å². The number of ether oxygens (including phenoxy) is 3. The highest BCUT2D eigenvalue weighted by molar-refractivity contribution is 5.80. The van der Waals surface area contributed by atoms with Crippen LogP contribution in [0.25, 0.3) is 5.65 Å². The van der Waals surface area contributed by atoms with Gasteiger partial charge in [-0.3, -0.25) is 0 Å². The molecule has 0 spiro atoms. The van der Waals surface area contributed by atoms with Gasteiger partial charge in [0.15, 0.2) is 17.6 Å². The molecular formula is C28H43N5O4. The summed E-state index contributed by atoms with van der Waals surface area (Å²) in [7, 11) is 0. The lowest BCUT2D eigenvalue weighted by molar-refractivity contribution is -0.166. The first kappa shape index (κ1) is 27.4. The van der Waals surface area contributed by atoms with Gasteiger partial charge in [-0.2, -0.15) is 4.52 Å². The molecule has 3 aliphatic heterocycles. The van der Waals surface area contributed by atoms with Gasteiger partial charge in [0, 0.05) is 31.4 Å². The summed E-state index contributed by atoms with van der Waals surface area (Å²) < 4.78 is 20.0. The van der Waals surface area contributed by atoms with Gasteiger partial charge >= 0.3 is 5.97 Å². The SMILES string of the molecule is CCOC(=O)[C@@H](OC(C)(C)C)c1c(C)nc2cc3nn2c1N1CCC(C)(CC1)OC/C=C/CCCCN3. The molecule has 0 unspecified atom stereocenters. The molecule has 1 atom stereocenters. The lowest BCUT2D eigenvalue weighted by Crippen LogP contribution is -2.45. The second-order valence-electron chi connectivity index (χ2n) is 11.2. The number of fused-ring (bicyclic) bond motifs is 9. The largest absolute Gasteiger partial charge is 0.464 e. The van der Waals surface area contributed by atoms with Crippen LogP contribution in [0.3, 0.4) is 0 Å². The van der Waals surface area contributed by atoms with E-state index in [0.717, 1.165) is 74.7 Å². The molecule has 2 aromatic heterocycles. The molecule has 1 fully saturated rings. The standard InChI is InChI=1S/C28H43N5O4/c1-7-35-26(34)24(37-27(3,4)5)23-20(2)30-22-19-21-29-15-11-9-8-10-12-18-36-28(6)13-16-32(17-14-28)25(23)33(22)31-21/h10,12,19,24H,7-9,11,13-18H2,1-6H3,(H,29,31)/b12-10+/t24-/m0/s1. The van der Waals surface area contributed by atoms with Crippen LogP contribution >= 0.6 is 0 Å². The molecule has 5 rings (SSSR count). The van der Waals surface area contributed by atoms with Crippen LogP contribution in [-0.2, 0) is 19.0 Å². The number of carbonyl (C=O) groups excluding carboxylic acids is 1. The molecule has 9 nitrogen and oxygen atoms in total. The maximum absolute atomic E-state index is 13.3. The Bertz CT molecular complexity index is 1110. The smallest absolute Gasteiger partial charge is 0.340 e. The number of carbonyl (C=O) groups is 1. The minimum Gasteiger partial charge on any atom is -0.464 e. The summed E-state index contributed by atoms with van der Waals surface area (Å²) in [5, 5.41) is 8.37. The number of allylic oxidation sites excluding steroid dienone is 1. The van der Waals surface area contributed by atoms with Gasteiger partial charge in [0.2, 0.25) is 0 Å². The van der Waals surface area contributed by atoms with E-state index in [1.165, 1.54) is 0 Å². The molecule has 4 bridgehead atoms. The summed E-state index contributed by atoms with van der Waals surface area (Å²) >= 11 is 0. The molecule has 0 saturated carbocycles. The number of aromatic nitrogens is 3. The highest BCUT2D eigenvalue weighted by Gasteiger charge is 2.38. The number of anilines is 2. The minimum atomic E-state index is -0.920. The number of hydrogen-bond donors (Lipinski definition) is 1. The number of piperidine rings is 1. The van der Waals surface area contributed by atoms with Crippen molar-refractivity contribution in [2.45, 2.75) is 91.0 Å². The monoisotopic (exact) mass is 513 g/mol. The number of hydrogen-bond acceptors (Lipinski definition) is 8. The Morgan fingerprint density at radius 1 is 1.24 bits per heavy atom. The van der Waals surface area contributed by atoms with Gasteiger partial charge in [-0.1, -0.05) is 12.2 Å². The van der Waals surface area contributed by atoms with Crippen LogP contribution in [0.5, 0.6) is 0 Å². The molecule has 0 amide bonds. The highest BCUT2D eigenvalue weighted by atomic mass is 16.6. The molecule has 3 aliphatic rings. The first-order valence-corrected chi connectivity index (χ1v) is 13.6. The zero-order valence-corrected chi connectivity index (χ0v) is 23.3. The maximum atomic E-state index is 13.3. The fourth-order valence-corrected chi connectivity index (χ4v) is 4.98. The molecule has 37 heavy (non-hydrogen) atoms. The van der Waals surface area contributed by atoms with Crippen LogP contribution in [0.1, 0.15) is 84.1 Å². The second kappa shape index (κ2) is 11.4. The average Bonchev–Trinajstić information content (AvgIpc) is 3.23. The minimum absolute atomic E-state index is 0.199. The van der Waals surface area contributed by atoms with Crippen molar-refractivity contribution in [3.8, 4) is 0 Å². The summed E-state index contributed by atoms with van der Waals surface area (Å²) in [5.74, 6) is 1.20. The van der Waals surface area contributed by atoms with E-state index in [-0.39, 0.29) is 12.2 Å². The van der Waals surface area contributed by atoms with Gasteiger partial charge in [0.1, 0.15) is 5.82 Å². The molecule has 1 N–H and O–H groups in total. The zero-order valence-electron chi connectivity index (χ0n) is 23.3. The van der Waals surface area contributed by atoms with Crippen molar-refractivity contribution in [1.29, 1.82) is 0 Å². The number of nitrogens with zero attached hydrogens (tertiary/aromatic N) is 4. The Morgan fingerprint density at radius 3 is 2.70 bits per heavy atom. The predicted octanol–water partition coefficient (Wildman–Crippen LogP) is 4.98. The van der Waals surface area contributed by atoms with E-state index >= 15 is 0 Å². The van der Waals surface area contributed by atoms with Gasteiger partial charge in [-0.05, 0) is 73.6 Å². The average molecular weight is 514 g/mol. The first-order chi connectivity index (χ1) is 17.6. The van der Waals surface area contributed by atoms with Crippen LogP contribution in [-0.4, -0.2) is 64.6 Å². The fourth-order valence-electron chi connectivity index (χ4n) is 4.98. The summed E-state index contributed by atoms with van der Waals surface area (Å²) in [6.45, 7) is 15.0. The lowest BCUT2D eigenvalue weighted by atomic mass is 9.92. The van der Waals surface area contributed by atoms with Crippen LogP contribution in [0.15, 0.2) is 18.2 Å². The predicted molar refractivity (Wildman–Crippen MR) is 145 cm³/mol. The Hall–Kier alpha value is -2.65. The van der Waals surface area contributed by atoms with Gasteiger partial charge in [-0.15, -0.1) is 5.10 Å². The summed E-state index contributed by atoms with van der Waals surface area (Å²) in [5.41, 5.74) is 1.42. The van der Waals surface area contributed by atoms with Crippen molar-refractivity contribution in [2.24, 2.45) is 0 Å². The number of aryl methyl sites for hydroxylation is 1. The van der Waals surface area contributed by atoms with E-state index in [1.54, 1.807) is 0 Å². The fraction of sp³-hybridized carbons (Fsp3) is 0.679. The van der Waals surface area contributed by atoms with E-state index in [4.69, 9.17) is 24.3 Å². The van der Waals surface area contributed by atoms with Crippen LogP contribution < -0.4 is 10.2 Å². The Kier molecular flexibility index (Phi) is 8.43. The molecule has 9 heteroatoms. The van der Waals surface area contributed by atoms with Crippen LogP contribution in [0.2, 0.25) is 0 Å². The lowest BCUT2D eigenvalue weighted by Gasteiger charge is -2.41. The summed E-state index contributed by atoms with van der Waals surface area (Å²) in [6, 6.07) is 1.98. The molecule has 5 heterocycles. The van der Waals surface area contributed by atoms with E-state index in [0.29, 0.717) is 12.2 Å². The highest BCUT2D eigenvalue weighted by Crippen LogP contribution is 2.38. The molecule has 0 aliphatic carbocycles. The number of nitrogens with one attached hydrogen (secondary N) is 1. The molecular weight excluding hydrogens is 470 g/mol. The number of rotatable bonds is 4. The second-order valence-corrected chi connectivity index (χ2v) is 11.2. The van der Waals surface area contributed by atoms with Gasteiger partial charge in [0.05, 0.1) is 30.0 Å². The normalized spacial score (nSPS) is 20.4. The van der Waals surface area contributed by atoms with Crippen molar-refractivity contribution in [3.63, 3.8) is 0 Å². The van der Waals surface area contributed by atoms with E-state index in [1.807, 2.05) is 45.2 Å². The third kappa shape index (κ3) is 6.62. The topological polar surface area (TPSA) is 90.2 Å². The van der Waals surface area contributed by atoms with Gasteiger partial charge in [0.25, 0.3) is 0 Å². The molecule has 0 radical (unpaired) electrons. The molecule has 204 valence electrons. The van der Waals surface area contributed by atoms with E-state index < -0.39 is 17.7 Å². The van der Waals surface area contributed by atoms with Crippen molar-refractivity contribution in [1.82, 2.24) is 14.6 Å². The van der Waals surface area contributed by atoms with Crippen LogP contribution in [0.4, 0.5) is 11.6 Å². The Morgan fingerprint density at radius 2 is 2.00 bits per heavy atom. The third-order valence-corrected chi connectivity index (χ3v) is 6.96. The molecule has 1 saturated heterocycles.